The number of halogens is 1. The molecule has 0 heterocycles. The minimum atomic E-state index is -0.695. The highest BCUT2D eigenvalue weighted by molar-refractivity contribution is 6.30. The Bertz CT molecular complexity index is 1170. The third-order valence-electron chi connectivity index (χ3n) is 6.41. The van der Waals surface area contributed by atoms with Gasteiger partial charge in [-0.3, -0.25) is 9.59 Å². The molecule has 0 radical (unpaired) electrons. The van der Waals surface area contributed by atoms with Gasteiger partial charge < -0.3 is 15.0 Å². The molecule has 0 fully saturated rings. The Kier molecular flexibility index (Phi) is 10.8. The third-order valence-corrected chi connectivity index (χ3v) is 6.67. The number of amides is 2. The molecule has 0 aromatic heterocycles. The molecule has 2 amide bonds. The summed E-state index contributed by atoms with van der Waals surface area (Å²) in [6.07, 6.45) is 2.25. The van der Waals surface area contributed by atoms with E-state index < -0.39 is 6.04 Å². The van der Waals surface area contributed by atoms with E-state index in [1.807, 2.05) is 66.7 Å². The summed E-state index contributed by atoms with van der Waals surface area (Å²) in [7, 11) is 0. The first-order chi connectivity index (χ1) is 18.2. The molecular formula is C32H39ClN2O3. The molecule has 1 atom stereocenters. The second-order valence-corrected chi connectivity index (χ2v) is 11.0. The van der Waals surface area contributed by atoms with Gasteiger partial charge in [0.25, 0.3) is 5.91 Å². The largest absolute Gasteiger partial charge is 0.483 e. The smallest absolute Gasteiger partial charge is 0.261 e. The number of hydrogen-bond acceptors (Lipinski definition) is 3. The summed E-state index contributed by atoms with van der Waals surface area (Å²) in [5.74, 6) is 0.252. The summed E-state index contributed by atoms with van der Waals surface area (Å²) >= 11 is 6.11. The molecule has 0 unspecified atom stereocenters. The first-order valence-corrected chi connectivity index (χ1v) is 13.6. The van der Waals surface area contributed by atoms with Crippen molar-refractivity contribution in [3.8, 4) is 5.75 Å². The van der Waals surface area contributed by atoms with Crippen LogP contribution in [0, 0.1) is 0 Å². The summed E-state index contributed by atoms with van der Waals surface area (Å²) in [6, 6.07) is 24.2. The molecule has 0 aliphatic rings. The molecule has 0 aliphatic heterocycles. The first kappa shape index (κ1) is 29.2. The van der Waals surface area contributed by atoms with Crippen LogP contribution >= 0.6 is 11.6 Å². The van der Waals surface area contributed by atoms with Gasteiger partial charge >= 0.3 is 0 Å². The molecule has 6 heteroatoms. The zero-order valence-electron chi connectivity index (χ0n) is 22.9. The Balaban J connectivity index is 1.91. The van der Waals surface area contributed by atoms with Crippen LogP contribution in [0.25, 0.3) is 0 Å². The number of rotatable bonds is 12. The average molecular weight is 535 g/mol. The van der Waals surface area contributed by atoms with Crippen LogP contribution in [0.5, 0.6) is 5.75 Å². The van der Waals surface area contributed by atoms with Crippen LogP contribution in [0.15, 0.2) is 78.9 Å². The van der Waals surface area contributed by atoms with Gasteiger partial charge in [0, 0.05) is 24.5 Å². The van der Waals surface area contributed by atoms with E-state index in [1.54, 1.807) is 17.0 Å². The van der Waals surface area contributed by atoms with E-state index in [0.717, 1.165) is 29.5 Å². The topological polar surface area (TPSA) is 58.6 Å². The molecule has 3 rings (SSSR count). The highest BCUT2D eigenvalue weighted by Crippen LogP contribution is 2.31. The number of para-hydroxylation sites is 1. The Morgan fingerprint density at radius 3 is 2.24 bits per heavy atom. The molecule has 0 saturated carbocycles. The number of ether oxygens (including phenoxy) is 1. The fourth-order valence-corrected chi connectivity index (χ4v) is 4.41. The zero-order valence-corrected chi connectivity index (χ0v) is 23.6. The van der Waals surface area contributed by atoms with Crippen LogP contribution in [0.4, 0.5) is 0 Å². The molecule has 0 saturated heterocycles. The van der Waals surface area contributed by atoms with Crippen molar-refractivity contribution in [2.45, 2.75) is 65.0 Å². The molecule has 0 bridgehead atoms. The van der Waals surface area contributed by atoms with Gasteiger partial charge in [0.2, 0.25) is 5.91 Å². The predicted octanol–water partition coefficient (Wildman–Crippen LogP) is 6.57. The molecule has 3 aromatic rings. The Labute approximate surface area is 232 Å². The third kappa shape index (κ3) is 8.63. The van der Waals surface area contributed by atoms with Crippen molar-refractivity contribution in [1.82, 2.24) is 10.2 Å². The molecule has 0 spiro atoms. The maximum atomic E-state index is 13.8. The fraction of sp³-hybridized carbons (Fsp3) is 0.375. The minimum Gasteiger partial charge on any atom is -0.483 e. The highest BCUT2D eigenvalue weighted by atomic mass is 35.5. The van der Waals surface area contributed by atoms with Crippen LogP contribution < -0.4 is 10.1 Å². The van der Waals surface area contributed by atoms with Gasteiger partial charge in [-0.15, -0.1) is 0 Å². The number of nitrogens with one attached hydrogen (secondary N) is 1. The maximum Gasteiger partial charge on any atom is 0.261 e. The zero-order chi connectivity index (χ0) is 27.5. The summed E-state index contributed by atoms with van der Waals surface area (Å²) in [5, 5.41) is 3.66. The van der Waals surface area contributed by atoms with E-state index in [9.17, 15) is 9.59 Å². The molecule has 202 valence electrons. The highest BCUT2D eigenvalue weighted by Gasteiger charge is 2.31. The lowest BCUT2D eigenvalue weighted by molar-refractivity contribution is -0.142. The van der Waals surface area contributed by atoms with Gasteiger partial charge in [0.05, 0.1) is 0 Å². The number of nitrogens with zero attached hydrogens (tertiary/aromatic N) is 1. The number of hydrogen-bond donors (Lipinski definition) is 1. The van der Waals surface area contributed by atoms with Crippen molar-refractivity contribution in [1.29, 1.82) is 0 Å². The molecule has 3 aromatic carbocycles. The van der Waals surface area contributed by atoms with Gasteiger partial charge in [0.15, 0.2) is 6.61 Å². The lowest BCUT2D eigenvalue weighted by atomic mass is 9.86. The van der Waals surface area contributed by atoms with Crippen LogP contribution in [-0.4, -0.2) is 35.9 Å². The number of carbonyl (C=O) groups excluding carboxylic acids is 2. The second kappa shape index (κ2) is 14.0. The monoisotopic (exact) mass is 534 g/mol. The second-order valence-electron chi connectivity index (χ2n) is 10.5. The summed E-state index contributed by atoms with van der Waals surface area (Å²) in [6.45, 7) is 9.07. The van der Waals surface area contributed by atoms with E-state index in [0.29, 0.717) is 23.7 Å². The van der Waals surface area contributed by atoms with Crippen LogP contribution in [-0.2, 0) is 28.0 Å². The molecule has 1 N–H and O–H groups in total. The van der Waals surface area contributed by atoms with E-state index >= 15 is 0 Å². The van der Waals surface area contributed by atoms with Crippen LogP contribution in [0.1, 0.15) is 57.2 Å². The molecule has 5 nitrogen and oxygen atoms in total. The summed E-state index contributed by atoms with van der Waals surface area (Å²) in [4.78, 5) is 29.0. The molecule has 38 heavy (non-hydrogen) atoms. The van der Waals surface area contributed by atoms with Crippen molar-refractivity contribution in [2.75, 3.05) is 13.2 Å². The Morgan fingerprint density at radius 2 is 1.58 bits per heavy atom. The van der Waals surface area contributed by atoms with E-state index in [1.165, 1.54) is 0 Å². The number of unbranched alkanes of at least 4 members (excludes halogenated alkanes) is 1. The summed E-state index contributed by atoms with van der Waals surface area (Å²) in [5.41, 5.74) is 2.75. The average Bonchev–Trinajstić information content (AvgIpc) is 2.90. The molecular weight excluding hydrogens is 496 g/mol. The Morgan fingerprint density at radius 1 is 0.921 bits per heavy atom. The van der Waals surface area contributed by atoms with E-state index in [2.05, 4.69) is 33.0 Å². The van der Waals surface area contributed by atoms with Crippen molar-refractivity contribution in [3.63, 3.8) is 0 Å². The fourth-order valence-electron chi connectivity index (χ4n) is 4.28. The van der Waals surface area contributed by atoms with Gasteiger partial charge in [-0.05, 0) is 46.7 Å². The van der Waals surface area contributed by atoms with Gasteiger partial charge in [-0.25, -0.2) is 0 Å². The normalized spacial score (nSPS) is 12.0. The quantitative estimate of drug-likeness (QED) is 0.267. The summed E-state index contributed by atoms with van der Waals surface area (Å²) < 4.78 is 6.10. The van der Waals surface area contributed by atoms with Crippen molar-refractivity contribution >= 4 is 23.4 Å². The number of benzene rings is 3. The maximum absolute atomic E-state index is 13.8. The minimum absolute atomic E-state index is 0.141. The Hall–Kier alpha value is -3.31. The standard InChI is InChI=1S/C32H39ClN2O3/c1-5-6-20-34-31(37)28(21-24-12-8-7-9-13-24)35(22-25-16-18-26(33)19-17-25)30(36)23-38-29-15-11-10-14-27(29)32(2,3)4/h7-19,28H,5-6,20-23H2,1-4H3,(H,34,37)/t28-/m1/s1. The lowest BCUT2D eigenvalue weighted by Crippen LogP contribution is -2.51. The predicted molar refractivity (Wildman–Crippen MR) is 154 cm³/mol. The van der Waals surface area contributed by atoms with Crippen molar-refractivity contribution in [2.24, 2.45) is 0 Å². The van der Waals surface area contributed by atoms with Gasteiger partial charge in [-0.1, -0.05) is 106 Å². The lowest BCUT2D eigenvalue weighted by Gasteiger charge is -2.32. The van der Waals surface area contributed by atoms with E-state index in [4.69, 9.17) is 16.3 Å². The SMILES string of the molecule is CCCCNC(=O)[C@@H](Cc1ccccc1)N(Cc1ccc(Cl)cc1)C(=O)COc1ccccc1C(C)(C)C. The number of carbonyl (C=O) groups is 2. The van der Waals surface area contributed by atoms with Crippen LogP contribution in [0.3, 0.4) is 0 Å². The van der Waals surface area contributed by atoms with E-state index in [-0.39, 0.29) is 30.4 Å². The van der Waals surface area contributed by atoms with Crippen molar-refractivity contribution in [3.05, 3.63) is 101 Å². The van der Waals surface area contributed by atoms with Gasteiger partial charge in [-0.2, -0.15) is 0 Å². The van der Waals surface area contributed by atoms with Gasteiger partial charge in [0.1, 0.15) is 11.8 Å². The van der Waals surface area contributed by atoms with Crippen LogP contribution in [0.2, 0.25) is 5.02 Å². The van der Waals surface area contributed by atoms with Crippen molar-refractivity contribution < 1.29 is 14.3 Å². The molecule has 0 aliphatic carbocycles. The first-order valence-electron chi connectivity index (χ1n) is 13.3.